The Morgan fingerprint density at radius 1 is 1.37 bits per heavy atom. The zero-order valence-electron chi connectivity index (χ0n) is 9.62. The van der Waals surface area contributed by atoms with E-state index in [1.165, 1.54) is 12.3 Å². The number of nitro groups is 1. The number of aromatic nitrogens is 1. The van der Waals surface area contributed by atoms with Gasteiger partial charge in [-0.1, -0.05) is 23.7 Å². The van der Waals surface area contributed by atoms with E-state index in [-0.39, 0.29) is 23.2 Å². The molecular formula is C12H9ClN2O4. The van der Waals surface area contributed by atoms with Crippen molar-refractivity contribution in [1.29, 1.82) is 0 Å². The molecule has 7 heteroatoms. The summed E-state index contributed by atoms with van der Waals surface area (Å²) in [5.41, 5.74) is 0.407. The number of aliphatic hydroxyl groups excluding tert-OH is 1. The Bertz CT molecular complexity index is 601. The van der Waals surface area contributed by atoms with Gasteiger partial charge in [0.2, 0.25) is 0 Å². The molecule has 2 rings (SSSR count). The van der Waals surface area contributed by atoms with Crippen LogP contribution in [0.15, 0.2) is 36.5 Å². The maximum atomic E-state index is 10.9. The molecule has 1 aromatic heterocycles. The highest BCUT2D eigenvalue weighted by Gasteiger charge is 2.18. The number of pyridine rings is 1. The van der Waals surface area contributed by atoms with Crippen molar-refractivity contribution in [3.05, 3.63) is 57.2 Å². The lowest BCUT2D eigenvalue weighted by atomic mass is 10.2. The third-order valence-electron chi connectivity index (χ3n) is 2.32. The zero-order valence-corrected chi connectivity index (χ0v) is 10.4. The molecule has 98 valence electrons. The fourth-order valence-electron chi connectivity index (χ4n) is 1.40. The highest BCUT2D eigenvalue weighted by atomic mass is 35.5. The summed E-state index contributed by atoms with van der Waals surface area (Å²) in [7, 11) is 0. The number of hydrogen-bond acceptors (Lipinski definition) is 5. The molecule has 0 radical (unpaired) electrons. The maximum Gasteiger partial charge on any atom is 0.332 e. The van der Waals surface area contributed by atoms with E-state index in [0.717, 1.165) is 0 Å². The van der Waals surface area contributed by atoms with Gasteiger partial charge < -0.3 is 9.84 Å². The van der Waals surface area contributed by atoms with E-state index in [1.54, 1.807) is 24.3 Å². The summed E-state index contributed by atoms with van der Waals surface area (Å²) in [5.74, 6) is 0.251. The largest absolute Gasteiger partial charge is 0.434 e. The second-order valence-corrected chi connectivity index (χ2v) is 4.08. The summed E-state index contributed by atoms with van der Waals surface area (Å²) in [5, 5.41) is 19.9. The normalized spacial score (nSPS) is 10.2. The minimum absolute atomic E-state index is 0.0837. The SMILES string of the molecule is O=[N+]([O-])c1cc(Cl)cnc1Oc1ccc(CO)cc1. The van der Waals surface area contributed by atoms with Crippen LogP contribution in [0.2, 0.25) is 5.02 Å². The molecule has 0 saturated heterocycles. The zero-order chi connectivity index (χ0) is 13.8. The van der Waals surface area contributed by atoms with Crippen LogP contribution in [-0.4, -0.2) is 15.0 Å². The van der Waals surface area contributed by atoms with Crippen LogP contribution < -0.4 is 4.74 Å². The molecule has 0 atom stereocenters. The highest BCUT2D eigenvalue weighted by molar-refractivity contribution is 6.30. The third-order valence-corrected chi connectivity index (χ3v) is 2.52. The molecule has 1 aromatic carbocycles. The van der Waals surface area contributed by atoms with Crippen molar-refractivity contribution in [2.75, 3.05) is 0 Å². The van der Waals surface area contributed by atoms with Crippen LogP contribution in [0, 0.1) is 10.1 Å². The van der Waals surface area contributed by atoms with Gasteiger partial charge in [0, 0.05) is 6.07 Å². The van der Waals surface area contributed by atoms with Crippen molar-refractivity contribution >= 4 is 17.3 Å². The van der Waals surface area contributed by atoms with Crippen LogP contribution in [0.4, 0.5) is 5.69 Å². The first-order chi connectivity index (χ1) is 9.10. The highest BCUT2D eigenvalue weighted by Crippen LogP contribution is 2.31. The summed E-state index contributed by atoms with van der Waals surface area (Å²) >= 11 is 5.65. The summed E-state index contributed by atoms with van der Waals surface area (Å²) < 4.78 is 5.33. The fourth-order valence-corrected chi connectivity index (χ4v) is 1.55. The first-order valence-electron chi connectivity index (χ1n) is 5.27. The Labute approximate surface area is 113 Å². The Morgan fingerprint density at radius 2 is 2.05 bits per heavy atom. The van der Waals surface area contributed by atoms with Crippen LogP contribution in [-0.2, 0) is 6.61 Å². The number of hydrogen-bond donors (Lipinski definition) is 1. The lowest BCUT2D eigenvalue weighted by Gasteiger charge is -2.05. The first kappa shape index (κ1) is 13.3. The Hall–Kier alpha value is -2.18. The molecule has 1 heterocycles. The van der Waals surface area contributed by atoms with Gasteiger partial charge in [0.05, 0.1) is 22.7 Å². The number of rotatable bonds is 4. The second-order valence-electron chi connectivity index (χ2n) is 3.64. The monoisotopic (exact) mass is 280 g/mol. The average Bonchev–Trinajstić information content (AvgIpc) is 2.41. The summed E-state index contributed by atoms with van der Waals surface area (Å²) in [4.78, 5) is 14.0. The molecule has 0 aliphatic heterocycles. The third kappa shape index (κ3) is 3.18. The van der Waals surface area contributed by atoms with Crippen LogP contribution in [0.25, 0.3) is 0 Å². The van der Waals surface area contributed by atoms with Crippen molar-refractivity contribution in [2.45, 2.75) is 6.61 Å². The molecule has 0 aliphatic carbocycles. The van der Waals surface area contributed by atoms with Gasteiger partial charge in [0.1, 0.15) is 5.75 Å². The van der Waals surface area contributed by atoms with E-state index < -0.39 is 4.92 Å². The number of benzene rings is 1. The summed E-state index contributed by atoms with van der Waals surface area (Å²) in [6, 6.07) is 7.65. The van der Waals surface area contributed by atoms with Crippen LogP contribution in [0.5, 0.6) is 11.6 Å². The minimum Gasteiger partial charge on any atom is -0.434 e. The molecular weight excluding hydrogens is 272 g/mol. The molecule has 0 spiro atoms. The molecule has 0 amide bonds. The van der Waals surface area contributed by atoms with Crippen LogP contribution >= 0.6 is 11.6 Å². The predicted octanol–water partition coefficient (Wildman–Crippen LogP) is 2.93. The van der Waals surface area contributed by atoms with Crippen LogP contribution in [0.3, 0.4) is 0 Å². The Balaban J connectivity index is 2.29. The van der Waals surface area contributed by atoms with Gasteiger partial charge in [-0.25, -0.2) is 4.98 Å². The quantitative estimate of drug-likeness (QED) is 0.687. The Kier molecular flexibility index (Phi) is 3.94. The van der Waals surface area contributed by atoms with Gasteiger partial charge in [-0.15, -0.1) is 0 Å². The smallest absolute Gasteiger partial charge is 0.332 e. The first-order valence-corrected chi connectivity index (χ1v) is 5.65. The van der Waals surface area contributed by atoms with Gasteiger partial charge >= 0.3 is 5.69 Å². The molecule has 6 nitrogen and oxygen atoms in total. The van der Waals surface area contributed by atoms with Gasteiger partial charge in [-0.2, -0.15) is 0 Å². The van der Waals surface area contributed by atoms with E-state index >= 15 is 0 Å². The Morgan fingerprint density at radius 3 is 2.63 bits per heavy atom. The summed E-state index contributed by atoms with van der Waals surface area (Å²) in [6.07, 6.45) is 1.27. The van der Waals surface area contributed by atoms with Crippen molar-refractivity contribution in [1.82, 2.24) is 4.98 Å². The van der Waals surface area contributed by atoms with Crippen molar-refractivity contribution in [3.63, 3.8) is 0 Å². The molecule has 1 N–H and O–H groups in total. The topological polar surface area (TPSA) is 85.5 Å². The van der Waals surface area contributed by atoms with E-state index in [4.69, 9.17) is 21.4 Å². The lowest BCUT2D eigenvalue weighted by Crippen LogP contribution is -1.96. The number of halogens is 1. The van der Waals surface area contributed by atoms with Crippen molar-refractivity contribution in [2.24, 2.45) is 0 Å². The second kappa shape index (κ2) is 5.64. The van der Waals surface area contributed by atoms with Gasteiger partial charge in [-0.3, -0.25) is 10.1 Å². The summed E-state index contributed by atoms with van der Waals surface area (Å²) in [6.45, 7) is -0.0837. The molecule has 0 unspecified atom stereocenters. The molecule has 0 saturated carbocycles. The van der Waals surface area contributed by atoms with E-state index in [2.05, 4.69) is 4.98 Å². The molecule has 19 heavy (non-hydrogen) atoms. The van der Waals surface area contributed by atoms with Crippen molar-refractivity contribution < 1.29 is 14.8 Å². The van der Waals surface area contributed by atoms with E-state index in [0.29, 0.717) is 11.3 Å². The van der Waals surface area contributed by atoms with Gasteiger partial charge in [0.25, 0.3) is 5.88 Å². The number of ether oxygens (including phenoxy) is 1. The standard InChI is InChI=1S/C12H9ClN2O4/c13-9-5-11(15(17)18)12(14-6-9)19-10-3-1-8(7-16)2-4-10/h1-6,16H,7H2. The lowest BCUT2D eigenvalue weighted by molar-refractivity contribution is -0.386. The molecule has 0 fully saturated rings. The number of nitrogens with zero attached hydrogens (tertiary/aromatic N) is 2. The molecule has 0 aliphatic rings. The van der Waals surface area contributed by atoms with Gasteiger partial charge in [0.15, 0.2) is 0 Å². The maximum absolute atomic E-state index is 10.9. The predicted molar refractivity (Wildman–Crippen MR) is 68.3 cm³/mol. The average molecular weight is 281 g/mol. The minimum atomic E-state index is -0.615. The van der Waals surface area contributed by atoms with E-state index in [1.807, 2.05) is 0 Å². The number of aliphatic hydroxyl groups is 1. The van der Waals surface area contributed by atoms with Crippen molar-refractivity contribution in [3.8, 4) is 11.6 Å². The fraction of sp³-hybridized carbons (Fsp3) is 0.0833. The molecule has 0 bridgehead atoms. The molecule has 2 aromatic rings. The van der Waals surface area contributed by atoms with E-state index in [9.17, 15) is 10.1 Å². The van der Waals surface area contributed by atoms with Crippen LogP contribution in [0.1, 0.15) is 5.56 Å². The van der Waals surface area contributed by atoms with Gasteiger partial charge in [-0.05, 0) is 17.7 Å².